The topological polar surface area (TPSA) is 78.8 Å². The summed E-state index contributed by atoms with van der Waals surface area (Å²) in [7, 11) is 2.97. The molecule has 3 aromatic rings. The summed E-state index contributed by atoms with van der Waals surface area (Å²) < 4.78 is 31.3. The number of pyridine rings is 1. The summed E-state index contributed by atoms with van der Waals surface area (Å²) in [6, 6.07) is 7.44. The molecule has 0 spiro atoms. The van der Waals surface area contributed by atoms with Gasteiger partial charge in [0.05, 0.1) is 31.8 Å². The van der Waals surface area contributed by atoms with Crippen molar-refractivity contribution in [3.63, 3.8) is 0 Å². The molecule has 0 saturated carbocycles. The van der Waals surface area contributed by atoms with Gasteiger partial charge in [-0.1, -0.05) is 6.07 Å². The zero-order valence-electron chi connectivity index (χ0n) is 17.5. The van der Waals surface area contributed by atoms with Gasteiger partial charge in [0.1, 0.15) is 5.82 Å². The normalized spacial score (nSPS) is 14.9. The van der Waals surface area contributed by atoms with Gasteiger partial charge in [-0.05, 0) is 55.2 Å². The third-order valence-corrected chi connectivity index (χ3v) is 5.57. The number of nitrogens with one attached hydrogen (secondary N) is 1. The third-order valence-electron chi connectivity index (χ3n) is 5.57. The van der Waals surface area contributed by atoms with Gasteiger partial charge in [0.2, 0.25) is 0 Å². The summed E-state index contributed by atoms with van der Waals surface area (Å²) in [4.78, 5) is 25.5. The Morgan fingerprint density at radius 3 is 2.52 bits per heavy atom. The smallest absolute Gasteiger partial charge is 0.413 e. The van der Waals surface area contributed by atoms with Crippen molar-refractivity contribution in [1.29, 1.82) is 0 Å². The quantitative estimate of drug-likeness (QED) is 0.668. The average molecular weight is 426 g/mol. The molecule has 0 saturated heterocycles. The van der Waals surface area contributed by atoms with Crippen LogP contribution in [0.2, 0.25) is 0 Å². The van der Waals surface area contributed by atoms with E-state index in [4.69, 9.17) is 14.2 Å². The fraction of sp³-hybridized carbons (Fsp3) is 0.304. The van der Waals surface area contributed by atoms with Gasteiger partial charge in [-0.15, -0.1) is 0 Å². The van der Waals surface area contributed by atoms with E-state index in [-0.39, 0.29) is 23.2 Å². The van der Waals surface area contributed by atoms with Gasteiger partial charge in [-0.3, -0.25) is 4.79 Å². The molecule has 1 heterocycles. The molecule has 1 atom stereocenters. The molecule has 8 heteroatoms. The number of halogens is 1. The van der Waals surface area contributed by atoms with E-state index in [1.807, 2.05) is 6.92 Å². The maximum atomic E-state index is 13.7. The lowest BCUT2D eigenvalue weighted by Gasteiger charge is -2.17. The lowest BCUT2D eigenvalue weighted by molar-refractivity contribution is 0.196. The van der Waals surface area contributed by atoms with E-state index in [9.17, 15) is 14.0 Å². The Labute approximate surface area is 178 Å². The fourth-order valence-electron chi connectivity index (χ4n) is 4.00. The Morgan fingerprint density at radius 1 is 1.13 bits per heavy atom. The highest BCUT2D eigenvalue weighted by Crippen LogP contribution is 2.35. The molecule has 0 bridgehead atoms. The van der Waals surface area contributed by atoms with Crippen molar-refractivity contribution >= 4 is 16.9 Å². The van der Waals surface area contributed by atoms with Gasteiger partial charge in [-0.25, -0.2) is 9.18 Å². The zero-order valence-corrected chi connectivity index (χ0v) is 17.5. The second-order valence-electron chi connectivity index (χ2n) is 7.31. The zero-order chi connectivity index (χ0) is 22.1. The van der Waals surface area contributed by atoms with E-state index in [0.717, 1.165) is 17.5 Å². The molecule has 4 rings (SSSR count). The maximum absolute atomic E-state index is 13.7. The van der Waals surface area contributed by atoms with Crippen molar-refractivity contribution in [3.8, 4) is 17.2 Å². The minimum absolute atomic E-state index is 0.215. The van der Waals surface area contributed by atoms with Crippen molar-refractivity contribution in [2.45, 2.75) is 32.4 Å². The number of benzene rings is 2. The van der Waals surface area contributed by atoms with Crippen LogP contribution in [-0.4, -0.2) is 24.9 Å². The largest absolute Gasteiger partial charge is 0.493 e. The Balaban J connectivity index is 1.68. The summed E-state index contributed by atoms with van der Waals surface area (Å²) in [5, 5.41) is 3.58. The first kappa shape index (κ1) is 20.7. The predicted octanol–water partition coefficient (Wildman–Crippen LogP) is 3.95. The van der Waals surface area contributed by atoms with Crippen molar-refractivity contribution in [3.05, 3.63) is 63.8 Å². The number of aryl methyl sites for hydroxylation is 2. The first-order valence-electron chi connectivity index (χ1n) is 10.0. The van der Waals surface area contributed by atoms with Crippen LogP contribution >= 0.6 is 0 Å². The highest BCUT2D eigenvalue weighted by atomic mass is 19.1. The number of hydrogen-bond acceptors (Lipinski definition) is 5. The van der Waals surface area contributed by atoms with E-state index in [1.54, 1.807) is 18.2 Å². The van der Waals surface area contributed by atoms with Gasteiger partial charge < -0.3 is 24.1 Å². The Hall–Kier alpha value is -3.55. The van der Waals surface area contributed by atoms with Crippen molar-refractivity contribution in [2.75, 3.05) is 14.2 Å². The van der Waals surface area contributed by atoms with Crippen LogP contribution in [0.5, 0.6) is 17.2 Å². The molecule has 1 aromatic heterocycles. The van der Waals surface area contributed by atoms with Crippen LogP contribution in [0.1, 0.15) is 30.5 Å². The summed E-state index contributed by atoms with van der Waals surface area (Å²) in [5.74, 6) is 0.685. The first-order chi connectivity index (χ1) is 14.9. The van der Waals surface area contributed by atoms with Crippen molar-refractivity contribution in [2.24, 2.45) is 0 Å². The molecular weight excluding hydrogens is 403 g/mol. The predicted molar refractivity (Wildman–Crippen MR) is 114 cm³/mol. The number of rotatable bonds is 5. The number of fused-ring (bicyclic) bond motifs is 2. The standard InChI is InChI=1S/C23H23FN2O5/c1-4-26-12-21(16-10-19(29-2)20(30-3)11-17(16)22(26)27)31-23(28)25-18-8-6-13-5-7-14(24)9-15(13)18/h5,7,9-12,18H,4,6,8H2,1-3H3,(H,25,28). The number of amides is 1. The molecule has 7 nitrogen and oxygen atoms in total. The molecule has 1 unspecified atom stereocenters. The lowest BCUT2D eigenvalue weighted by atomic mass is 10.1. The monoisotopic (exact) mass is 426 g/mol. The van der Waals surface area contributed by atoms with Crippen LogP contribution in [0, 0.1) is 5.82 Å². The summed E-state index contributed by atoms with van der Waals surface area (Å²) in [6.07, 6.45) is 2.23. The minimum atomic E-state index is -0.681. The molecule has 1 N–H and O–H groups in total. The highest BCUT2D eigenvalue weighted by molar-refractivity contribution is 5.92. The summed E-state index contributed by atoms with van der Waals surface area (Å²) in [5.41, 5.74) is 1.53. The molecule has 0 fully saturated rings. The van der Waals surface area contributed by atoms with Gasteiger partial charge in [-0.2, -0.15) is 0 Å². The molecule has 0 radical (unpaired) electrons. The van der Waals surface area contributed by atoms with Crippen LogP contribution in [0.4, 0.5) is 9.18 Å². The number of ether oxygens (including phenoxy) is 3. The number of hydrogen-bond donors (Lipinski definition) is 1. The Bertz CT molecular complexity index is 1220. The fourth-order valence-corrected chi connectivity index (χ4v) is 4.00. The first-order valence-corrected chi connectivity index (χ1v) is 10.0. The second kappa shape index (κ2) is 8.29. The lowest BCUT2D eigenvalue weighted by Crippen LogP contribution is -2.30. The van der Waals surface area contributed by atoms with Crippen molar-refractivity contribution in [1.82, 2.24) is 9.88 Å². The number of nitrogens with zero attached hydrogens (tertiary/aromatic N) is 1. The number of carbonyl (C=O) groups is 1. The Kier molecular flexibility index (Phi) is 5.54. The van der Waals surface area contributed by atoms with Gasteiger partial charge in [0, 0.05) is 11.9 Å². The van der Waals surface area contributed by atoms with Crippen LogP contribution in [0.3, 0.4) is 0 Å². The molecule has 1 amide bonds. The summed E-state index contributed by atoms with van der Waals surface area (Å²) >= 11 is 0. The van der Waals surface area contributed by atoms with Gasteiger partial charge in [0.25, 0.3) is 5.56 Å². The number of methoxy groups -OCH3 is 2. The molecular formula is C23H23FN2O5. The van der Waals surface area contributed by atoms with E-state index in [1.165, 1.54) is 37.1 Å². The van der Waals surface area contributed by atoms with Gasteiger partial charge in [0.15, 0.2) is 17.2 Å². The molecule has 2 aromatic carbocycles. The SMILES string of the molecule is CCn1cc(OC(=O)NC2CCc3ccc(F)cc32)c2cc(OC)c(OC)cc2c1=O. The van der Waals surface area contributed by atoms with Gasteiger partial charge >= 0.3 is 6.09 Å². The van der Waals surface area contributed by atoms with Crippen molar-refractivity contribution < 1.29 is 23.4 Å². The molecule has 31 heavy (non-hydrogen) atoms. The average Bonchev–Trinajstić information content (AvgIpc) is 3.16. The second-order valence-corrected chi connectivity index (χ2v) is 7.31. The van der Waals surface area contributed by atoms with E-state index >= 15 is 0 Å². The molecule has 1 aliphatic carbocycles. The van der Waals surface area contributed by atoms with E-state index < -0.39 is 6.09 Å². The minimum Gasteiger partial charge on any atom is -0.493 e. The number of carbonyl (C=O) groups excluding carboxylic acids is 1. The van der Waals surface area contributed by atoms with Crippen LogP contribution in [0.25, 0.3) is 10.8 Å². The van der Waals surface area contributed by atoms with Crippen LogP contribution in [-0.2, 0) is 13.0 Å². The third kappa shape index (κ3) is 3.81. The van der Waals surface area contributed by atoms with Crippen LogP contribution < -0.4 is 25.1 Å². The molecule has 162 valence electrons. The highest BCUT2D eigenvalue weighted by Gasteiger charge is 2.26. The number of aromatic nitrogens is 1. The molecule has 0 aliphatic heterocycles. The van der Waals surface area contributed by atoms with E-state index in [2.05, 4.69) is 5.32 Å². The van der Waals surface area contributed by atoms with E-state index in [0.29, 0.717) is 35.2 Å². The van der Waals surface area contributed by atoms with Crippen LogP contribution in [0.15, 0.2) is 41.3 Å². The Morgan fingerprint density at radius 2 is 1.84 bits per heavy atom. The summed E-state index contributed by atoms with van der Waals surface area (Å²) in [6.45, 7) is 2.22. The maximum Gasteiger partial charge on any atom is 0.413 e. The molecule has 1 aliphatic rings.